The standard InChI is InChI=1S/C13H11N5/c1-2-9-4-14-5-10(9)3-8(1)12-17-11-6-15-7-16-13(11)18-12/h1-3,6-7,14H,4-5H2,(H,15,16,17,18). The Balaban J connectivity index is 1.86. The van der Waals surface area contributed by atoms with Gasteiger partial charge in [0, 0.05) is 18.7 Å². The molecule has 0 spiro atoms. The summed E-state index contributed by atoms with van der Waals surface area (Å²) < 4.78 is 0. The first-order chi connectivity index (χ1) is 8.90. The molecule has 0 fully saturated rings. The number of fused-ring (bicyclic) bond motifs is 2. The van der Waals surface area contributed by atoms with Crippen molar-refractivity contribution in [2.45, 2.75) is 13.1 Å². The minimum atomic E-state index is 0.707. The van der Waals surface area contributed by atoms with E-state index < -0.39 is 0 Å². The molecule has 4 rings (SSSR count). The molecular formula is C13H11N5. The van der Waals surface area contributed by atoms with Crippen LogP contribution in [0.3, 0.4) is 0 Å². The third-order valence-corrected chi connectivity index (χ3v) is 3.27. The Morgan fingerprint density at radius 2 is 2.06 bits per heavy atom. The predicted octanol–water partition coefficient (Wildman–Crippen LogP) is 1.62. The minimum absolute atomic E-state index is 0.707. The third kappa shape index (κ3) is 1.41. The molecule has 0 radical (unpaired) electrons. The smallest absolute Gasteiger partial charge is 0.181 e. The summed E-state index contributed by atoms with van der Waals surface area (Å²) in [5.41, 5.74) is 5.38. The molecular weight excluding hydrogens is 226 g/mol. The first kappa shape index (κ1) is 9.73. The molecule has 0 amide bonds. The van der Waals surface area contributed by atoms with Crippen molar-refractivity contribution in [3.63, 3.8) is 0 Å². The van der Waals surface area contributed by atoms with Crippen molar-refractivity contribution < 1.29 is 0 Å². The van der Waals surface area contributed by atoms with Crippen LogP contribution in [0.25, 0.3) is 22.6 Å². The van der Waals surface area contributed by atoms with Crippen LogP contribution in [0.1, 0.15) is 11.1 Å². The summed E-state index contributed by atoms with van der Waals surface area (Å²) in [7, 11) is 0. The summed E-state index contributed by atoms with van der Waals surface area (Å²) >= 11 is 0. The van der Waals surface area contributed by atoms with E-state index in [9.17, 15) is 0 Å². The summed E-state index contributed by atoms with van der Waals surface area (Å²) in [6, 6.07) is 6.43. The van der Waals surface area contributed by atoms with Crippen LogP contribution < -0.4 is 5.32 Å². The largest absolute Gasteiger partial charge is 0.335 e. The van der Waals surface area contributed by atoms with E-state index in [0.717, 1.165) is 30.0 Å². The lowest BCUT2D eigenvalue weighted by Crippen LogP contribution is -1.99. The number of nitrogens with one attached hydrogen (secondary N) is 2. The molecule has 1 aliphatic rings. The van der Waals surface area contributed by atoms with Gasteiger partial charge in [-0.05, 0) is 17.2 Å². The van der Waals surface area contributed by atoms with Crippen LogP contribution in [-0.4, -0.2) is 19.9 Å². The van der Waals surface area contributed by atoms with E-state index in [1.54, 1.807) is 6.20 Å². The fraction of sp³-hybridized carbons (Fsp3) is 0.154. The van der Waals surface area contributed by atoms with Crippen molar-refractivity contribution >= 4 is 11.2 Å². The van der Waals surface area contributed by atoms with Gasteiger partial charge in [-0.2, -0.15) is 0 Å². The molecule has 0 bridgehead atoms. The number of nitrogens with zero attached hydrogens (tertiary/aromatic N) is 3. The average Bonchev–Trinajstić information content (AvgIpc) is 3.04. The maximum Gasteiger partial charge on any atom is 0.181 e. The van der Waals surface area contributed by atoms with E-state index in [-0.39, 0.29) is 0 Å². The molecule has 3 heterocycles. The average molecular weight is 237 g/mol. The number of rotatable bonds is 1. The number of H-pyrrole nitrogens is 1. The lowest BCUT2D eigenvalue weighted by atomic mass is 10.1. The van der Waals surface area contributed by atoms with Crippen molar-refractivity contribution in [2.75, 3.05) is 0 Å². The van der Waals surface area contributed by atoms with Crippen molar-refractivity contribution in [2.24, 2.45) is 0 Å². The van der Waals surface area contributed by atoms with E-state index in [4.69, 9.17) is 0 Å². The Bertz CT molecular complexity index is 698. The Hall–Kier alpha value is -2.27. The van der Waals surface area contributed by atoms with Crippen LogP contribution in [0.15, 0.2) is 30.7 Å². The van der Waals surface area contributed by atoms with Crippen LogP contribution in [0, 0.1) is 0 Å². The van der Waals surface area contributed by atoms with Crippen LogP contribution in [0.2, 0.25) is 0 Å². The summed E-state index contributed by atoms with van der Waals surface area (Å²) in [6.07, 6.45) is 3.26. The Morgan fingerprint density at radius 3 is 3.00 bits per heavy atom. The predicted molar refractivity (Wildman–Crippen MR) is 67.7 cm³/mol. The van der Waals surface area contributed by atoms with Gasteiger partial charge >= 0.3 is 0 Å². The van der Waals surface area contributed by atoms with Crippen LogP contribution in [0.5, 0.6) is 0 Å². The number of benzene rings is 1. The number of imidazole rings is 1. The molecule has 0 aliphatic carbocycles. The van der Waals surface area contributed by atoms with Gasteiger partial charge < -0.3 is 10.3 Å². The second kappa shape index (κ2) is 3.61. The number of hydrogen-bond donors (Lipinski definition) is 2. The lowest BCUT2D eigenvalue weighted by Gasteiger charge is -2.00. The van der Waals surface area contributed by atoms with Gasteiger partial charge in [-0.25, -0.2) is 15.0 Å². The fourth-order valence-electron chi connectivity index (χ4n) is 2.34. The van der Waals surface area contributed by atoms with Gasteiger partial charge in [0.1, 0.15) is 17.7 Å². The highest BCUT2D eigenvalue weighted by Gasteiger charge is 2.12. The molecule has 0 atom stereocenters. The van der Waals surface area contributed by atoms with Crippen LogP contribution >= 0.6 is 0 Å². The topological polar surface area (TPSA) is 66.5 Å². The molecule has 18 heavy (non-hydrogen) atoms. The van der Waals surface area contributed by atoms with E-state index in [1.807, 2.05) is 0 Å². The van der Waals surface area contributed by atoms with Gasteiger partial charge in [-0.3, -0.25) is 0 Å². The van der Waals surface area contributed by atoms with E-state index in [0.29, 0.717) is 5.65 Å². The van der Waals surface area contributed by atoms with Gasteiger partial charge in [0.25, 0.3) is 0 Å². The monoisotopic (exact) mass is 237 g/mol. The molecule has 1 aliphatic heterocycles. The van der Waals surface area contributed by atoms with Gasteiger partial charge in [-0.1, -0.05) is 12.1 Å². The number of aromatic amines is 1. The zero-order valence-electron chi connectivity index (χ0n) is 9.64. The zero-order chi connectivity index (χ0) is 11.9. The SMILES string of the molecule is c1ncc2[nH]c(-c3ccc4c(c3)CNC4)nc2n1. The molecule has 0 saturated carbocycles. The van der Waals surface area contributed by atoms with Crippen molar-refractivity contribution in [1.29, 1.82) is 0 Å². The first-order valence-corrected chi connectivity index (χ1v) is 5.89. The second-order valence-electron chi connectivity index (χ2n) is 4.43. The molecule has 1 aromatic carbocycles. The van der Waals surface area contributed by atoms with Crippen LogP contribution in [0.4, 0.5) is 0 Å². The third-order valence-electron chi connectivity index (χ3n) is 3.27. The molecule has 3 aromatic rings. The highest BCUT2D eigenvalue weighted by Crippen LogP contribution is 2.24. The molecule has 88 valence electrons. The molecule has 2 N–H and O–H groups in total. The number of aromatic nitrogens is 4. The van der Waals surface area contributed by atoms with Crippen molar-refractivity contribution in [3.05, 3.63) is 41.9 Å². The Kier molecular flexibility index (Phi) is 1.95. The van der Waals surface area contributed by atoms with Gasteiger partial charge in [0.15, 0.2) is 5.65 Å². The van der Waals surface area contributed by atoms with E-state index in [2.05, 4.69) is 43.5 Å². The van der Waals surface area contributed by atoms with Gasteiger partial charge in [-0.15, -0.1) is 0 Å². The summed E-state index contributed by atoms with van der Waals surface area (Å²) in [5.74, 6) is 0.847. The molecule has 0 unspecified atom stereocenters. The fourth-order valence-corrected chi connectivity index (χ4v) is 2.34. The second-order valence-corrected chi connectivity index (χ2v) is 4.43. The molecule has 5 heteroatoms. The molecule has 5 nitrogen and oxygen atoms in total. The maximum atomic E-state index is 4.48. The highest BCUT2D eigenvalue weighted by atomic mass is 15.0. The summed E-state index contributed by atoms with van der Waals surface area (Å²) in [5, 5.41) is 3.34. The van der Waals surface area contributed by atoms with E-state index in [1.165, 1.54) is 17.5 Å². The quantitative estimate of drug-likeness (QED) is 0.675. The van der Waals surface area contributed by atoms with Crippen molar-refractivity contribution in [1.82, 2.24) is 25.3 Å². The normalized spacial score (nSPS) is 14.0. The maximum absolute atomic E-state index is 4.48. The highest BCUT2D eigenvalue weighted by molar-refractivity contribution is 5.75. The minimum Gasteiger partial charge on any atom is -0.335 e. The van der Waals surface area contributed by atoms with E-state index >= 15 is 0 Å². The lowest BCUT2D eigenvalue weighted by molar-refractivity contribution is 0.765. The first-order valence-electron chi connectivity index (χ1n) is 5.89. The Labute approximate surface area is 103 Å². The summed E-state index contributed by atoms with van der Waals surface area (Å²) in [6.45, 7) is 1.89. The van der Waals surface area contributed by atoms with Crippen molar-refractivity contribution in [3.8, 4) is 11.4 Å². The molecule has 2 aromatic heterocycles. The number of hydrogen-bond acceptors (Lipinski definition) is 4. The summed E-state index contributed by atoms with van der Waals surface area (Å²) in [4.78, 5) is 15.8. The zero-order valence-corrected chi connectivity index (χ0v) is 9.64. The van der Waals surface area contributed by atoms with Gasteiger partial charge in [0.2, 0.25) is 0 Å². The Morgan fingerprint density at radius 1 is 1.11 bits per heavy atom. The van der Waals surface area contributed by atoms with Gasteiger partial charge in [0.05, 0.1) is 6.20 Å². The molecule has 0 saturated heterocycles. The van der Waals surface area contributed by atoms with Crippen LogP contribution in [-0.2, 0) is 13.1 Å².